The van der Waals surface area contributed by atoms with Gasteiger partial charge in [-0.3, -0.25) is 24.0 Å². The van der Waals surface area contributed by atoms with Gasteiger partial charge in [0.1, 0.15) is 82.9 Å². The smallest absolute Gasteiger partial charge is 0.329 e. The van der Waals surface area contributed by atoms with Gasteiger partial charge in [-0.05, 0) is 85.8 Å². The molecule has 31 nitrogen and oxygen atoms in total. The molecule has 6 atom stereocenters. The first-order chi connectivity index (χ1) is 55.6. The fourth-order valence-corrected chi connectivity index (χ4v) is 11.0. The largest absolute Gasteiger partial charge is 0.504 e. The van der Waals surface area contributed by atoms with Crippen molar-refractivity contribution in [3.8, 4) is 34.5 Å². The number of nitrogens with zero attached hydrogens (tertiary/aromatic N) is 4. The highest BCUT2D eigenvalue weighted by molar-refractivity contribution is 5.87. The lowest BCUT2D eigenvalue weighted by Gasteiger charge is -2.26. The van der Waals surface area contributed by atoms with Crippen molar-refractivity contribution in [3.05, 3.63) is 71.3 Å². The highest BCUT2D eigenvalue weighted by Gasteiger charge is 2.30. The maximum atomic E-state index is 13.2. The summed E-state index contributed by atoms with van der Waals surface area (Å²) in [6.45, 7) is 13.5. The number of unbranched alkanes of at least 4 members (excludes halogenated alkanes) is 12. The minimum Gasteiger partial charge on any atom is -0.504 e. The van der Waals surface area contributed by atoms with Crippen molar-refractivity contribution in [2.24, 2.45) is 0 Å². The van der Waals surface area contributed by atoms with Crippen molar-refractivity contribution in [3.63, 3.8) is 0 Å². The van der Waals surface area contributed by atoms with E-state index in [0.717, 1.165) is 128 Å². The number of hydrogen-bond acceptors (Lipinski definition) is 24. The lowest BCUT2D eigenvalue weighted by atomic mass is 10.0. The van der Waals surface area contributed by atoms with Crippen LogP contribution in [-0.4, -0.2) is 323 Å². The first-order valence-corrected chi connectivity index (χ1v) is 42.1. The van der Waals surface area contributed by atoms with Crippen molar-refractivity contribution in [2.75, 3.05) is 190 Å². The number of carbonyl (C=O) groups is 8. The average Bonchev–Trinajstić information content (AvgIpc) is 0.868. The number of benzene rings is 3. The minimum absolute atomic E-state index is 0.00199. The van der Waals surface area contributed by atoms with E-state index in [1.54, 1.807) is 19.2 Å². The number of aromatic hydroxyl groups is 6. The van der Waals surface area contributed by atoms with Gasteiger partial charge in [-0.1, -0.05) is 123 Å². The molecule has 118 heavy (non-hydrogen) atoms. The Morgan fingerprint density at radius 1 is 0.339 bits per heavy atom. The Kier molecular flexibility index (Phi) is 55.2. The fourth-order valence-electron chi connectivity index (χ4n) is 11.0. The molecule has 3 aromatic rings. The van der Waals surface area contributed by atoms with E-state index >= 15 is 0 Å². The normalized spacial score (nSPS) is 13.2. The molecule has 0 spiro atoms. The lowest BCUT2D eigenvalue weighted by Crippen LogP contribution is -2.47. The van der Waals surface area contributed by atoms with Gasteiger partial charge in [0.25, 0.3) is 0 Å². The van der Waals surface area contributed by atoms with Gasteiger partial charge in [0, 0.05) is 44.9 Å². The van der Waals surface area contributed by atoms with Crippen LogP contribution in [-0.2, 0) is 100 Å². The van der Waals surface area contributed by atoms with E-state index < -0.39 is 66.3 Å². The topological polar surface area (TPSA) is 389 Å². The zero-order chi connectivity index (χ0) is 88.7. The Bertz CT molecular complexity index is 3340. The van der Waals surface area contributed by atoms with E-state index in [0.29, 0.717) is 68.8 Å². The Morgan fingerprint density at radius 3 is 0.949 bits per heavy atom. The van der Waals surface area contributed by atoms with Gasteiger partial charge >= 0.3 is 29.8 Å². The van der Waals surface area contributed by atoms with E-state index in [9.17, 15) is 69.0 Å². The summed E-state index contributed by atoms with van der Waals surface area (Å²) in [4.78, 5) is 101. The summed E-state index contributed by atoms with van der Waals surface area (Å²) in [5, 5.41) is 69.3. The van der Waals surface area contributed by atoms with Gasteiger partial charge in [-0.15, -0.1) is 0 Å². The molecule has 0 aliphatic heterocycles. The second-order valence-electron chi connectivity index (χ2n) is 34.1. The molecule has 3 aromatic carbocycles. The number of likely N-dealkylation sites (N-methyl/N-ethyl adjacent to an activating group) is 5. The van der Waals surface area contributed by atoms with Gasteiger partial charge in [0.2, 0.25) is 17.7 Å². The van der Waals surface area contributed by atoms with E-state index in [2.05, 4.69) is 134 Å². The monoisotopic (exact) mass is 1680 g/mol. The number of hydrogen-bond donors (Lipinski definition) is 10. The van der Waals surface area contributed by atoms with Crippen molar-refractivity contribution in [2.45, 2.75) is 212 Å². The molecular formula is C87H152N8O23+4. The molecule has 0 aliphatic carbocycles. The number of carbonyl (C=O) groups excluding carboxylic acids is 8. The van der Waals surface area contributed by atoms with Crippen molar-refractivity contribution >= 4 is 47.6 Å². The van der Waals surface area contributed by atoms with Gasteiger partial charge in [-0.25, -0.2) is 14.4 Å². The number of quaternary nitrogens is 4. The van der Waals surface area contributed by atoms with Gasteiger partial charge in [0.15, 0.2) is 40.6 Å². The van der Waals surface area contributed by atoms with Crippen molar-refractivity contribution in [1.82, 2.24) is 21.3 Å². The average molecular weight is 1680 g/mol. The molecule has 3 unspecified atom stereocenters. The molecule has 0 bridgehead atoms. The first kappa shape index (κ1) is 108. The summed E-state index contributed by atoms with van der Waals surface area (Å²) >= 11 is 0. The van der Waals surface area contributed by atoms with E-state index in [4.69, 9.17) is 42.6 Å². The maximum absolute atomic E-state index is 13.2. The number of ether oxygens (including phenoxy) is 9. The van der Waals surface area contributed by atoms with Crippen molar-refractivity contribution in [1.29, 1.82) is 0 Å². The SMILES string of the molecule is CCCCCCC(=O)N[C@@H](Cc1ccc(O)c(O)c1)C(=O)OCC(COC(=O)CCCCCC)OC(=O)CCCCCC.CCCCCCC(=O)N[C@@H](Cc1ccc(O)c(O)c1)C(=O)OCC(COCC[N+](C)(C)C)OCC[N+](C)(C)C.CNCC(=O)N[C@@H](Cc1ccc(O)c(O)c1)C(=O)OCC(COCC[N+](C)(C)C)OCC[N+](C)(C)C. The number of phenols is 6. The standard InChI is InChI=1S/C33H53NO9.C29H51N3O7.C25H44N4O7/c1-4-7-10-13-16-30(37)34-27(21-25-19-20-28(35)29(36)22-25)33(40)42-24-26(43-32(39)18-15-12-9-6-3)23-41-31(38)17-14-11-8-5-2;1-8-9-10-11-12-28(35)30-25(19-23-13-14-26(33)27(34)20-23)29(36)39-22-24(38-18-16-32(5,6)7)21-37-17-15-31(2,3)4;1-26-16-24(32)27-21(14-19-8-9-22(30)23(31)15-19)25(33)36-18-20(35-13-11-29(5,6)7)17-34-12-10-28(2,3)4/h19-20,22,26-27,35-36H,4-18,21,23-24H2,1-3H3,(H,34,37);13-14,20,24-25H,8-12,15-19,21-22H2,1-7H3,(H-2,30,33,34,35);8-9,15,20-21,26H,10-14,16-18H2,1-7H3,(H-2,27,30,31,32)/p+4/t26?,27-;24?,25-;20?,21-/m000/s1. The predicted molar refractivity (Wildman–Crippen MR) is 452 cm³/mol. The van der Waals surface area contributed by atoms with E-state index in [1.807, 2.05) is 0 Å². The molecule has 0 fully saturated rings. The highest BCUT2D eigenvalue weighted by Crippen LogP contribution is 2.28. The molecule has 0 saturated heterocycles. The summed E-state index contributed by atoms with van der Waals surface area (Å²) < 4.78 is 54.2. The molecule has 0 saturated carbocycles. The Hall–Kier alpha value is -8.14. The molecule has 0 heterocycles. The van der Waals surface area contributed by atoms with Crippen LogP contribution in [0.4, 0.5) is 0 Å². The summed E-state index contributed by atoms with van der Waals surface area (Å²) in [5.74, 6) is -5.53. The van der Waals surface area contributed by atoms with Crippen LogP contribution in [0.2, 0.25) is 0 Å². The second-order valence-corrected chi connectivity index (χ2v) is 34.1. The summed E-state index contributed by atoms with van der Waals surface area (Å²) in [6, 6.07) is 9.69. The van der Waals surface area contributed by atoms with Crippen LogP contribution in [0.1, 0.15) is 173 Å². The zero-order valence-corrected chi connectivity index (χ0v) is 74.4. The summed E-state index contributed by atoms with van der Waals surface area (Å²) in [7, 11) is 26.6. The molecule has 3 rings (SSSR count). The Balaban J connectivity index is 0.000000889. The van der Waals surface area contributed by atoms with Crippen LogP contribution in [0.3, 0.4) is 0 Å². The summed E-state index contributed by atoms with van der Waals surface area (Å²) in [5.41, 5.74) is 1.63. The Labute approximate surface area is 703 Å². The van der Waals surface area contributed by atoms with Crippen LogP contribution in [0.5, 0.6) is 34.5 Å². The van der Waals surface area contributed by atoms with Crippen LogP contribution in [0.25, 0.3) is 0 Å². The minimum atomic E-state index is -1.09. The van der Waals surface area contributed by atoms with Crippen molar-refractivity contribution < 1.29 is 130 Å². The number of rotatable bonds is 61. The van der Waals surface area contributed by atoms with Crippen LogP contribution < -0.4 is 21.3 Å². The van der Waals surface area contributed by atoms with Gasteiger partial charge in [0.05, 0.1) is 131 Å². The van der Waals surface area contributed by atoms with Crippen LogP contribution in [0.15, 0.2) is 54.6 Å². The molecule has 0 radical (unpaired) electrons. The number of esters is 5. The number of phenolic OH excluding ortho intramolecular Hbond substituents is 6. The fraction of sp³-hybridized carbons (Fsp3) is 0.701. The van der Waals surface area contributed by atoms with Gasteiger partial charge < -0.3 is 112 Å². The van der Waals surface area contributed by atoms with Gasteiger partial charge in [-0.2, -0.15) is 0 Å². The highest BCUT2D eigenvalue weighted by atomic mass is 16.6. The lowest BCUT2D eigenvalue weighted by molar-refractivity contribution is -0.871. The molecule has 31 heteroatoms. The third-order valence-corrected chi connectivity index (χ3v) is 18.2. The van der Waals surface area contributed by atoms with Crippen LogP contribution in [0, 0.1) is 0 Å². The second kappa shape index (κ2) is 60.4. The third kappa shape index (κ3) is 56.3. The molecule has 0 aliphatic rings. The quantitative estimate of drug-likeness (QED) is 0.00836. The zero-order valence-electron chi connectivity index (χ0n) is 74.4. The first-order valence-electron chi connectivity index (χ1n) is 42.1. The molecule has 10 N–H and O–H groups in total. The molecule has 674 valence electrons. The number of nitrogens with one attached hydrogen (secondary N) is 4. The predicted octanol–water partition coefficient (Wildman–Crippen LogP) is 8.19. The molecule has 0 aromatic heterocycles. The summed E-state index contributed by atoms with van der Waals surface area (Å²) in [6.07, 6.45) is 14.0. The Morgan fingerprint density at radius 2 is 0.636 bits per heavy atom. The van der Waals surface area contributed by atoms with E-state index in [-0.39, 0.29) is 137 Å². The van der Waals surface area contributed by atoms with Crippen LogP contribution >= 0.6 is 0 Å². The molecule has 3 amide bonds. The third-order valence-electron chi connectivity index (χ3n) is 18.2. The van der Waals surface area contributed by atoms with E-state index in [1.165, 1.54) is 42.5 Å². The maximum Gasteiger partial charge on any atom is 0.329 e. The number of amides is 3. The molecular weight excluding hydrogens is 1520 g/mol.